The van der Waals surface area contributed by atoms with Crippen LogP contribution in [-0.4, -0.2) is 32.5 Å². The van der Waals surface area contributed by atoms with Gasteiger partial charge in [-0.05, 0) is 19.3 Å². The van der Waals surface area contributed by atoms with Crippen LogP contribution < -0.4 is 4.90 Å². The Morgan fingerprint density at radius 2 is 2.14 bits per heavy atom. The highest BCUT2D eigenvalue weighted by molar-refractivity contribution is 9.09. The Morgan fingerprint density at radius 1 is 1.33 bits per heavy atom. The molecule has 2 aromatic heterocycles. The fourth-order valence-corrected chi connectivity index (χ4v) is 3.38. The normalized spacial score (nSPS) is 20.2. The Kier molecular flexibility index (Phi) is 3.81. The molecule has 8 heteroatoms. The van der Waals surface area contributed by atoms with E-state index in [9.17, 15) is 13.2 Å². The molecular formula is C13H14BrF3N4. The van der Waals surface area contributed by atoms with Crippen LogP contribution in [0.4, 0.5) is 19.0 Å². The highest BCUT2D eigenvalue weighted by Gasteiger charge is 2.35. The third kappa shape index (κ3) is 2.73. The molecule has 3 heterocycles. The first kappa shape index (κ1) is 14.6. The van der Waals surface area contributed by atoms with Crippen LogP contribution in [-0.2, 0) is 6.18 Å². The third-order valence-electron chi connectivity index (χ3n) is 3.74. The van der Waals surface area contributed by atoms with Crippen LogP contribution in [0.1, 0.15) is 25.0 Å². The molecule has 0 amide bonds. The number of aromatic nitrogens is 3. The maximum atomic E-state index is 12.8. The molecule has 0 bridgehead atoms. The molecule has 1 fully saturated rings. The van der Waals surface area contributed by atoms with Crippen LogP contribution in [0.3, 0.4) is 0 Å². The Morgan fingerprint density at radius 3 is 2.86 bits per heavy atom. The van der Waals surface area contributed by atoms with Gasteiger partial charge in [-0.25, -0.2) is 9.50 Å². The lowest BCUT2D eigenvalue weighted by Crippen LogP contribution is -2.41. The topological polar surface area (TPSA) is 33.4 Å². The zero-order valence-electron chi connectivity index (χ0n) is 11.1. The third-order valence-corrected chi connectivity index (χ3v) is 4.48. The van der Waals surface area contributed by atoms with Crippen molar-refractivity contribution < 1.29 is 13.2 Å². The summed E-state index contributed by atoms with van der Waals surface area (Å²) >= 11 is 3.48. The molecule has 3 rings (SSSR count). The van der Waals surface area contributed by atoms with E-state index in [-0.39, 0.29) is 6.04 Å². The van der Waals surface area contributed by atoms with Crippen molar-refractivity contribution >= 4 is 27.3 Å². The molecule has 0 spiro atoms. The second kappa shape index (κ2) is 5.47. The van der Waals surface area contributed by atoms with Gasteiger partial charge in [0, 0.05) is 36.4 Å². The van der Waals surface area contributed by atoms with Gasteiger partial charge in [0.2, 0.25) is 0 Å². The smallest absolute Gasteiger partial charge is 0.351 e. The van der Waals surface area contributed by atoms with Gasteiger partial charge in [0.1, 0.15) is 5.52 Å². The number of alkyl halides is 4. The van der Waals surface area contributed by atoms with Crippen molar-refractivity contribution in [2.75, 3.05) is 16.8 Å². The summed E-state index contributed by atoms with van der Waals surface area (Å²) in [6, 6.07) is 1.32. The molecule has 4 nitrogen and oxygen atoms in total. The number of anilines is 1. The Labute approximate surface area is 128 Å². The molecule has 0 N–H and O–H groups in total. The molecule has 1 saturated heterocycles. The van der Waals surface area contributed by atoms with Gasteiger partial charge in [0.05, 0.1) is 0 Å². The SMILES string of the molecule is FC(F)(F)c1cc2c(N3CCCCC3CBr)nccn2n1. The van der Waals surface area contributed by atoms with Gasteiger partial charge in [-0.1, -0.05) is 15.9 Å². The van der Waals surface area contributed by atoms with E-state index in [1.165, 1.54) is 16.9 Å². The Balaban J connectivity index is 2.07. The molecular weight excluding hydrogens is 349 g/mol. The first-order chi connectivity index (χ1) is 10.0. The van der Waals surface area contributed by atoms with Crippen LogP contribution in [0.25, 0.3) is 5.52 Å². The molecule has 2 aromatic rings. The van der Waals surface area contributed by atoms with Gasteiger partial charge in [-0.2, -0.15) is 18.3 Å². The van der Waals surface area contributed by atoms with Gasteiger partial charge in [-0.3, -0.25) is 0 Å². The molecule has 1 aliphatic heterocycles. The minimum Gasteiger partial charge on any atom is -0.351 e. The van der Waals surface area contributed by atoms with Gasteiger partial charge in [0.15, 0.2) is 11.5 Å². The van der Waals surface area contributed by atoms with E-state index in [1.54, 1.807) is 0 Å². The van der Waals surface area contributed by atoms with Gasteiger partial charge < -0.3 is 4.90 Å². The lowest BCUT2D eigenvalue weighted by Gasteiger charge is -2.35. The van der Waals surface area contributed by atoms with Crippen molar-refractivity contribution in [2.24, 2.45) is 0 Å². The maximum absolute atomic E-state index is 12.8. The van der Waals surface area contributed by atoms with Crippen molar-refractivity contribution in [1.82, 2.24) is 14.6 Å². The quantitative estimate of drug-likeness (QED) is 0.766. The summed E-state index contributed by atoms with van der Waals surface area (Å²) in [5.41, 5.74) is -0.484. The summed E-state index contributed by atoms with van der Waals surface area (Å²) in [6.45, 7) is 0.801. The molecule has 1 aliphatic rings. The average Bonchev–Trinajstić information content (AvgIpc) is 2.91. The molecule has 0 radical (unpaired) electrons. The molecule has 1 unspecified atom stereocenters. The van der Waals surface area contributed by atoms with Crippen LogP contribution in [0.5, 0.6) is 0 Å². The van der Waals surface area contributed by atoms with E-state index in [4.69, 9.17) is 0 Å². The summed E-state index contributed by atoms with van der Waals surface area (Å²) in [7, 11) is 0. The fraction of sp³-hybridized carbons (Fsp3) is 0.538. The van der Waals surface area contributed by atoms with Crippen LogP contribution in [0.2, 0.25) is 0 Å². The molecule has 0 saturated carbocycles. The first-order valence-corrected chi connectivity index (χ1v) is 7.87. The number of halogens is 4. The molecule has 0 aliphatic carbocycles. The van der Waals surface area contributed by atoms with E-state index in [1.807, 2.05) is 0 Å². The number of rotatable bonds is 2. The van der Waals surface area contributed by atoms with E-state index in [0.717, 1.165) is 37.2 Å². The number of hydrogen-bond acceptors (Lipinski definition) is 3. The maximum Gasteiger partial charge on any atom is 0.435 e. The van der Waals surface area contributed by atoms with Crippen LogP contribution in [0.15, 0.2) is 18.5 Å². The van der Waals surface area contributed by atoms with Crippen molar-refractivity contribution in [2.45, 2.75) is 31.5 Å². The lowest BCUT2D eigenvalue weighted by atomic mass is 10.0. The minimum atomic E-state index is -4.44. The molecule has 1 atom stereocenters. The van der Waals surface area contributed by atoms with Crippen molar-refractivity contribution in [3.05, 3.63) is 24.2 Å². The summed E-state index contributed by atoms with van der Waals surface area (Å²) in [5, 5.41) is 4.38. The molecule has 0 aromatic carbocycles. The van der Waals surface area contributed by atoms with Crippen LogP contribution >= 0.6 is 15.9 Å². The van der Waals surface area contributed by atoms with Gasteiger partial charge >= 0.3 is 6.18 Å². The Hall–Kier alpha value is -1.31. The minimum absolute atomic E-state index is 0.252. The lowest BCUT2D eigenvalue weighted by molar-refractivity contribution is -0.141. The number of fused-ring (bicyclic) bond motifs is 1. The average molecular weight is 363 g/mol. The van der Waals surface area contributed by atoms with Crippen molar-refractivity contribution in [3.8, 4) is 0 Å². The highest BCUT2D eigenvalue weighted by atomic mass is 79.9. The van der Waals surface area contributed by atoms with E-state index >= 15 is 0 Å². The zero-order chi connectivity index (χ0) is 15.0. The largest absolute Gasteiger partial charge is 0.435 e. The Bertz CT molecular complexity index is 640. The van der Waals surface area contributed by atoms with Gasteiger partial charge in [0.25, 0.3) is 0 Å². The zero-order valence-corrected chi connectivity index (χ0v) is 12.7. The first-order valence-electron chi connectivity index (χ1n) is 6.75. The fourth-order valence-electron chi connectivity index (χ4n) is 2.71. The highest BCUT2D eigenvalue weighted by Crippen LogP contribution is 2.32. The second-order valence-corrected chi connectivity index (χ2v) is 5.75. The molecule has 21 heavy (non-hydrogen) atoms. The van der Waals surface area contributed by atoms with Crippen molar-refractivity contribution in [3.63, 3.8) is 0 Å². The van der Waals surface area contributed by atoms with E-state index in [0.29, 0.717) is 11.3 Å². The standard InChI is InChI=1S/C13H14BrF3N4/c14-8-9-3-1-2-5-20(9)12-10-7-11(13(15,16)17)19-21(10)6-4-18-12/h4,6-7,9H,1-3,5,8H2. The summed E-state index contributed by atoms with van der Waals surface area (Å²) in [4.78, 5) is 6.38. The number of nitrogens with zero attached hydrogens (tertiary/aromatic N) is 4. The number of hydrogen-bond donors (Lipinski definition) is 0. The van der Waals surface area contributed by atoms with E-state index in [2.05, 4.69) is 30.9 Å². The predicted octanol–water partition coefficient (Wildman–Crippen LogP) is 3.50. The second-order valence-electron chi connectivity index (χ2n) is 5.11. The number of piperidine rings is 1. The van der Waals surface area contributed by atoms with Crippen molar-refractivity contribution in [1.29, 1.82) is 0 Å². The summed E-state index contributed by atoms with van der Waals surface area (Å²) in [5.74, 6) is 0.574. The summed E-state index contributed by atoms with van der Waals surface area (Å²) < 4.78 is 39.7. The summed E-state index contributed by atoms with van der Waals surface area (Å²) in [6.07, 6.45) is 1.65. The predicted molar refractivity (Wildman–Crippen MR) is 76.8 cm³/mol. The van der Waals surface area contributed by atoms with Gasteiger partial charge in [-0.15, -0.1) is 0 Å². The molecule has 114 valence electrons. The van der Waals surface area contributed by atoms with E-state index < -0.39 is 11.9 Å². The monoisotopic (exact) mass is 362 g/mol. The van der Waals surface area contributed by atoms with Crippen LogP contribution in [0, 0.1) is 0 Å².